The van der Waals surface area contributed by atoms with Crippen LogP contribution in [-0.4, -0.2) is 22.9 Å². The Morgan fingerprint density at radius 3 is 2.68 bits per heavy atom. The molecule has 0 aliphatic heterocycles. The monoisotopic (exact) mass is 346 g/mol. The van der Waals surface area contributed by atoms with Gasteiger partial charge in [-0.2, -0.15) is 0 Å². The molecule has 0 saturated heterocycles. The SMILES string of the molecule is C[C@H](CCO)[C@H]1CC[C@H]2[C@@H]3CC=C4C[C@@H](O)CC[C@]4(C)[C@H]3CC[C@]12C. The van der Waals surface area contributed by atoms with Crippen LogP contribution in [-0.2, 0) is 0 Å². The van der Waals surface area contributed by atoms with Crippen LogP contribution in [0.2, 0.25) is 0 Å². The molecule has 2 N–H and O–H groups in total. The average molecular weight is 347 g/mol. The summed E-state index contributed by atoms with van der Waals surface area (Å²) in [6.45, 7) is 7.83. The molecule has 0 radical (unpaired) electrons. The molecule has 0 unspecified atom stereocenters. The Kier molecular flexibility index (Phi) is 4.60. The zero-order chi connectivity index (χ0) is 17.8. The van der Waals surface area contributed by atoms with Gasteiger partial charge in [-0.15, -0.1) is 0 Å². The Bertz CT molecular complexity index is 540. The molecule has 2 heteroatoms. The molecule has 0 spiro atoms. The largest absolute Gasteiger partial charge is 0.396 e. The quantitative estimate of drug-likeness (QED) is 0.710. The highest BCUT2D eigenvalue weighted by molar-refractivity contribution is 5.25. The number of aliphatic hydroxyl groups excluding tert-OH is 2. The van der Waals surface area contributed by atoms with Crippen LogP contribution in [0.25, 0.3) is 0 Å². The molecule has 3 saturated carbocycles. The van der Waals surface area contributed by atoms with Crippen LogP contribution in [0.3, 0.4) is 0 Å². The average Bonchev–Trinajstić information content (AvgIpc) is 2.93. The smallest absolute Gasteiger partial charge is 0.0577 e. The fourth-order valence-electron chi connectivity index (χ4n) is 8.02. The molecule has 4 aliphatic carbocycles. The summed E-state index contributed by atoms with van der Waals surface area (Å²) < 4.78 is 0. The minimum absolute atomic E-state index is 0.0973. The van der Waals surface area contributed by atoms with Gasteiger partial charge in [0.1, 0.15) is 0 Å². The van der Waals surface area contributed by atoms with Gasteiger partial charge in [0.25, 0.3) is 0 Å². The van der Waals surface area contributed by atoms with Crippen molar-refractivity contribution in [2.24, 2.45) is 40.4 Å². The van der Waals surface area contributed by atoms with Crippen LogP contribution in [0.15, 0.2) is 11.6 Å². The predicted octanol–water partition coefficient (Wildman–Crippen LogP) is 4.94. The van der Waals surface area contributed by atoms with E-state index in [2.05, 4.69) is 26.8 Å². The van der Waals surface area contributed by atoms with Crippen molar-refractivity contribution in [1.82, 2.24) is 0 Å². The van der Waals surface area contributed by atoms with Crippen molar-refractivity contribution in [3.63, 3.8) is 0 Å². The summed E-state index contributed by atoms with van der Waals surface area (Å²) in [5, 5.41) is 19.6. The Labute approximate surface area is 154 Å². The van der Waals surface area contributed by atoms with E-state index in [1.54, 1.807) is 5.57 Å². The first kappa shape index (κ1) is 18.0. The minimum Gasteiger partial charge on any atom is -0.396 e. The standard InChI is InChI=1S/C23H38O2/c1-15(10-13-24)19-6-7-20-18-5-4-16-14-17(25)8-11-22(16,2)21(18)9-12-23(19,20)3/h4,15,17-21,24-25H,5-14H2,1-3H3/t15-,17+,18+,19-,20+,21+,22+,23-/m1/s1. The molecular formula is C23H38O2. The van der Waals surface area contributed by atoms with E-state index in [0.29, 0.717) is 23.4 Å². The summed E-state index contributed by atoms with van der Waals surface area (Å²) in [7, 11) is 0. The second-order valence-corrected chi connectivity index (χ2v) is 10.4. The molecule has 2 nitrogen and oxygen atoms in total. The summed E-state index contributed by atoms with van der Waals surface area (Å²) >= 11 is 0. The van der Waals surface area contributed by atoms with Crippen LogP contribution in [0, 0.1) is 40.4 Å². The van der Waals surface area contributed by atoms with E-state index in [1.165, 1.54) is 38.5 Å². The lowest BCUT2D eigenvalue weighted by atomic mass is 9.47. The highest BCUT2D eigenvalue weighted by atomic mass is 16.3. The van der Waals surface area contributed by atoms with Gasteiger partial charge in [-0.25, -0.2) is 0 Å². The van der Waals surface area contributed by atoms with Gasteiger partial charge in [0.2, 0.25) is 0 Å². The third-order valence-electron chi connectivity index (χ3n) is 9.42. The highest BCUT2D eigenvalue weighted by Gasteiger charge is 2.58. The molecule has 0 aromatic heterocycles. The zero-order valence-corrected chi connectivity index (χ0v) is 16.5. The molecule has 25 heavy (non-hydrogen) atoms. The van der Waals surface area contributed by atoms with Gasteiger partial charge in [0.05, 0.1) is 6.10 Å². The van der Waals surface area contributed by atoms with Gasteiger partial charge in [-0.05, 0) is 98.2 Å². The Morgan fingerprint density at radius 2 is 1.92 bits per heavy atom. The number of fused-ring (bicyclic) bond motifs is 5. The summed E-state index contributed by atoms with van der Waals surface area (Å²) in [6.07, 6.45) is 13.3. The van der Waals surface area contributed by atoms with E-state index in [9.17, 15) is 10.2 Å². The third kappa shape index (κ3) is 2.65. The normalized spacial score (nSPS) is 50.4. The lowest BCUT2D eigenvalue weighted by molar-refractivity contribution is -0.0578. The summed E-state index contributed by atoms with van der Waals surface area (Å²) in [5.41, 5.74) is 2.43. The Balaban J connectivity index is 1.60. The Morgan fingerprint density at radius 1 is 1.12 bits per heavy atom. The maximum absolute atomic E-state index is 10.1. The van der Waals surface area contributed by atoms with Gasteiger partial charge < -0.3 is 10.2 Å². The van der Waals surface area contributed by atoms with Crippen molar-refractivity contribution in [1.29, 1.82) is 0 Å². The molecule has 4 rings (SSSR count). The molecule has 0 aromatic rings. The summed E-state index contributed by atoms with van der Waals surface area (Å²) in [4.78, 5) is 0. The van der Waals surface area contributed by atoms with E-state index in [4.69, 9.17) is 0 Å². The fourth-order valence-corrected chi connectivity index (χ4v) is 8.02. The number of allylic oxidation sites excluding steroid dienone is 1. The number of rotatable bonds is 3. The van der Waals surface area contributed by atoms with E-state index >= 15 is 0 Å². The van der Waals surface area contributed by atoms with Crippen LogP contribution in [0.4, 0.5) is 0 Å². The number of hydrogen-bond donors (Lipinski definition) is 2. The van der Waals surface area contributed by atoms with Gasteiger partial charge in [0, 0.05) is 6.61 Å². The molecule has 8 atom stereocenters. The molecule has 0 bridgehead atoms. The van der Waals surface area contributed by atoms with Crippen molar-refractivity contribution >= 4 is 0 Å². The van der Waals surface area contributed by atoms with E-state index in [-0.39, 0.29) is 6.10 Å². The molecule has 4 aliphatic rings. The van der Waals surface area contributed by atoms with Crippen LogP contribution < -0.4 is 0 Å². The van der Waals surface area contributed by atoms with Gasteiger partial charge in [-0.3, -0.25) is 0 Å². The van der Waals surface area contributed by atoms with E-state index in [1.807, 2.05) is 0 Å². The van der Waals surface area contributed by atoms with Crippen molar-refractivity contribution in [2.45, 2.75) is 84.7 Å². The van der Waals surface area contributed by atoms with Crippen molar-refractivity contribution < 1.29 is 10.2 Å². The first-order chi connectivity index (χ1) is 11.9. The molecule has 0 amide bonds. The Hall–Kier alpha value is -0.340. The topological polar surface area (TPSA) is 40.5 Å². The van der Waals surface area contributed by atoms with Crippen LogP contribution in [0.5, 0.6) is 0 Å². The van der Waals surface area contributed by atoms with Gasteiger partial charge in [-0.1, -0.05) is 32.4 Å². The molecule has 0 heterocycles. The van der Waals surface area contributed by atoms with Gasteiger partial charge >= 0.3 is 0 Å². The lowest BCUT2D eigenvalue weighted by Crippen LogP contribution is -2.50. The first-order valence-electron chi connectivity index (χ1n) is 10.9. The molecule has 0 aromatic carbocycles. The van der Waals surface area contributed by atoms with Crippen LogP contribution >= 0.6 is 0 Å². The maximum atomic E-state index is 10.1. The fraction of sp³-hybridized carbons (Fsp3) is 0.913. The highest BCUT2D eigenvalue weighted by Crippen LogP contribution is 2.67. The maximum Gasteiger partial charge on any atom is 0.0577 e. The molecule has 142 valence electrons. The van der Waals surface area contributed by atoms with Crippen molar-refractivity contribution in [3.05, 3.63) is 11.6 Å². The van der Waals surface area contributed by atoms with Gasteiger partial charge in [0.15, 0.2) is 0 Å². The van der Waals surface area contributed by atoms with Crippen LogP contribution in [0.1, 0.15) is 78.6 Å². The van der Waals surface area contributed by atoms with E-state index < -0.39 is 0 Å². The van der Waals surface area contributed by atoms with E-state index in [0.717, 1.165) is 42.9 Å². The zero-order valence-electron chi connectivity index (χ0n) is 16.5. The summed E-state index contributed by atoms with van der Waals surface area (Å²) in [6, 6.07) is 0. The predicted molar refractivity (Wildman–Crippen MR) is 102 cm³/mol. The first-order valence-corrected chi connectivity index (χ1v) is 10.9. The van der Waals surface area contributed by atoms with Crippen molar-refractivity contribution in [3.8, 4) is 0 Å². The van der Waals surface area contributed by atoms with Crippen molar-refractivity contribution in [2.75, 3.05) is 6.61 Å². The lowest BCUT2D eigenvalue weighted by Gasteiger charge is -2.58. The third-order valence-corrected chi connectivity index (χ3v) is 9.42. The number of aliphatic hydroxyl groups is 2. The minimum atomic E-state index is -0.0973. The molecule has 3 fully saturated rings. The second-order valence-electron chi connectivity index (χ2n) is 10.4. The number of hydrogen-bond acceptors (Lipinski definition) is 2. The summed E-state index contributed by atoms with van der Waals surface area (Å²) in [5.74, 6) is 4.03. The molecular weight excluding hydrogens is 308 g/mol. The second kappa shape index (κ2) is 6.37.